The molecule has 2 atom stereocenters. The molecule has 17 heavy (non-hydrogen) atoms. The van der Waals surface area contributed by atoms with Crippen molar-refractivity contribution in [1.82, 2.24) is 5.32 Å². The lowest BCUT2D eigenvalue weighted by atomic mass is 9.87. The highest BCUT2D eigenvalue weighted by Gasteiger charge is 2.21. The van der Waals surface area contributed by atoms with E-state index in [2.05, 4.69) is 12.2 Å². The Morgan fingerprint density at radius 2 is 2.35 bits per heavy atom. The maximum atomic E-state index is 9.50. The Balaban J connectivity index is 2.11. The number of fused-ring (bicyclic) bond motifs is 1. The molecule has 2 rings (SSSR count). The second-order valence-corrected chi connectivity index (χ2v) is 4.85. The van der Waals surface area contributed by atoms with Crippen molar-refractivity contribution in [2.24, 2.45) is 0 Å². The van der Waals surface area contributed by atoms with Gasteiger partial charge in [0, 0.05) is 19.2 Å². The van der Waals surface area contributed by atoms with Gasteiger partial charge < -0.3 is 15.2 Å². The highest BCUT2D eigenvalue weighted by Crippen LogP contribution is 2.32. The average molecular weight is 235 g/mol. The van der Waals surface area contributed by atoms with Crippen LogP contribution in [0.3, 0.4) is 0 Å². The molecule has 0 radical (unpaired) electrons. The van der Waals surface area contributed by atoms with E-state index in [9.17, 15) is 5.11 Å². The van der Waals surface area contributed by atoms with Crippen LogP contribution in [-0.2, 0) is 11.2 Å². The van der Waals surface area contributed by atoms with Crippen LogP contribution in [0.2, 0.25) is 0 Å². The maximum absolute atomic E-state index is 9.50. The summed E-state index contributed by atoms with van der Waals surface area (Å²) in [5.41, 5.74) is 2.61. The molecule has 0 amide bonds. The minimum absolute atomic E-state index is 0.352. The summed E-state index contributed by atoms with van der Waals surface area (Å²) >= 11 is 0. The predicted molar refractivity (Wildman–Crippen MR) is 68.3 cm³/mol. The Bertz CT molecular complexity index is 378. The third-order valence-corrected chi connectivity index (χ3v) is 3.34. The monoisotopic (exact) mass is 235 g/mol. The van der Waals surface area contributed by atoms with Crippen molar-refractivity contribution in [3.05, 3.63) is 29.3 Å². The van der Waals surface area contributed by atoms with E-state index < -0.39 is 0 Å². The van der Waals surface area contributed by atoms with Crippen molar-refractivity contribution in [3.63, 3.8) is 0 Å². The summed E-state index contributed by atoms with van der Waals surface area (Å²) in [5.74, 6) is 0.370. The lowest BCUT2D eigenvalue weighted by Crippen LogP contribution is -2.35. The fourth-order valence-electron chi connectivity index (χ4n) is 2.62. The normalized spacial score (nSPS) is 20.9. The van der Waals surface area contributed by atoms with Crippen molar-refractivity contribution in [2.45, 2.75) is 38.3 Å². The lowest BCUT2D eigenvalue weighted by Gasteiger charge is -2.29. The molecule has 0 aliphatic heterocycles. The molecule has 94 valence electrons. The Morgan fingerprint density at radius 3 is 3.12 bits per heavy atom. The molecule has 3 heteroatoms. The molecule has 1 aromatic carbocycles. The Kier molecular flexibility index (Phi) is 4.02. The molecule has 2 N–H and O–H groups in total. The zero-order valence-corrected chi connectivity index (χ0v) is 10.6. The summed E-state index contributed by atoms with van der Waals surface area (Å²) in [6.07, 6.45) is 3.40. The van der Waals surface area contributed by atoms with Crippen molar-refractivity contribution >= 4 is 0 Å². The average Bonchev–Trinajstić information content (AvgIpc) is 2.29. The first kappa shape index (κ1) is 12.4. The molecular weight excluding hydrogens is 214 g/mol. The van der Waals surface area contributed by atoms with Crippen LogP contribution in [0.5, 0.6) is 5.75 Å². The van der Waals surface area contributed by atoms with Gasteiger partial charge in [0.15, 0.2) is 0 Å². The Morgan fingerprint density at radius 1 is 1.53 bits per heavy atom. The summed E-state index contributed by atoms with van der Waals surface area (Å²) in [7, 11) is 1.73. The first-order valence-corrected chi connectivity index (χ1v) is 6.27. The minimum atomic E-state index is 0.352. The van der Waals surface area contributed by atoms with Gasteiger partial charge in [-0.15, -0.1) is 0 Å². The zero-order chi connectivity index (χ0) is 12.3. The smallest absolute Gasteiger partial charge is 0.115 e. The first-order valence-electron chi connectivity index (χ1n) is 6.27. The second-order valence-electron chi connectivity index (χ2n) is 4.85. The topological polar surface area (TPSA) is 41.5 Å². The van der Waals surface area contributed by atoms with Crippen LogP contribution >= 0.6 is 0 Å². The van der Waals surface area contributed by atoms with E-state index >= 15 is 0 Å². The number of phenols is 1. The van der Waals surface area contributed by atoms with Gasteiger partial charge in [-0.1, -0.05) is 6.07 Å². The molecule has 2 unspecified atom stereocenters. The molecule has 3 nitrogen and oxygen atoms in total. The lowest BCUT2D eigenvalue weighted by molar-refractivity contribution is 0.165. The summed E-state index contributed by atoms with van der Waals surface area (Å²) in [6, 6.07) is 6.46. The molecular formula is C14H21NO2. The number of aromatic hydroxyl groups is 1. The van der Waals surface area contributed by atoms with Gasteiger partial charge >= 0.3 is 0 Å². The number of phenolic OH excluding ortho intramolecular Hbond substituents is 1. The van der Waals surface area contributed by atoms with E-state index in [1.54, 1.807) is 13.2 Å². The molecule has 0 fully saturated rings. The summed E-state index contributed by atoms with van der Waals surface area (Å²) < 4.78 is 5.15. The summed E-state index contributed by atoms with van der Waals surface area (Å²) in [5, 5.41) is 13.1. The molecule has 1 aliphatic rings. The minimum Gasteiger partial charge on any atom is -0.508 e. The van der Waals surface area contributed by atoms with Crippen LogP contribution in [0.15, 0.2) is 18.2 Å². The van der Waals surface area contributed by atoms with Gasteiger partial charge in [-0.3, -0.25) is 0 Å². The van der Waals surface area contributed by atoms with Gasteiger partial charge in [-0.05, 0) is 49.4 Å². The van der Waals surface area contributed by atoms with Crippen LogP contribution in [-0.4, -0.2) is 24.9 Å². The van der Waals surface area contributed by atoms with Gasteiger partial charge in [0.2, 0.25) is 0 Å². The highest BCUT2D eigenvalue weighted by molar-refractivity contribution is 5.38. The fourth-order valence-corrected chi connectivity index (χ4v) is 2.62. The predicted octanol–water partition coefficient (Wildman–Crippen LogP) is 2.39. The fraction of sp³-hybridized carbons (Fsp3) is 0.571. The van der Waals surface area contributed by atoms with E-state index in [0.29, 0.717) is 17.8 Å². The van der Waals surface area contributed by atoms with Gasteiger partial charge in [0.25, 0.3) is 0 Å². The maximum Gasteiger partial charge on any atom is 0.115 e. The number of methoxy groups -OCH3 is 1. The van der Waals surface area contributed by atoms with E-state index in [4.69, 9.17) is 4.74 Å². The number of aryl methyl sites for hydroxylation is 1. The zero-order valence-electron chi connectivity index (χ0n) is 10.6. The molecule has 0 aromatic heterocycles. The molecule has 1 aromatic rings. The van der Waals surface area contributed by atoms with Crippen molar-refractivity contribution in [1.29, 1.82) is 0 Å². The van der Waals surface area contributed by atoms with Crippen LogP contribution in [0.25, 0.3) is 0 Å². The van der Waals surface area contributed by atoms with Gasteiger partial charge in [-0.2, -0.15) is 0 Å². The number of nitrogens with one attached hydrogen (secondary N) is 1. The summed E-state index contributed by atoms with van der Waals surface area (Å²) in [4.78, 5) is 0. The molecule has 0 bridgehead atoms. The quantitative estimate of drug-likeness (QED) is 0.842. The van der Waals surface area contributed by atoms with Crippen LogP contribution < -0.4 is 5.32 Å². The van der Waals surface area contributed by atoms with E-state index in [0.717, 1.165) is 19.4 Å². The molecule has 0 saturated carbocycles. The Hall–Kier alpha value is -1.06. The number of hydrogen-bond acceptors (Lipinski definition) is 3. The van der Waals surface area contributed by atoms with Crippen LogP contribution in [0.4, 0.5) is 0 Å². The molecule has 0 saturated heterocycles. The summed E-state index contributed by atoms with van der Waals surface area (Å²) in [6.45, 7) is 2.86. The molecule has 0 spiro atoms. The number of benzene rings is 1. The largest absolute Gasteiger partial charge is 0.508 e. The van der Waals surface area contributed by atoms with Gasteiger partial charge in [0.1, 0.15) is 5.75 Å². The third-order valence-electron chi connectivity index (χ3n) is 3.34. The molecule has 0 heterocycles. The van der Waals surface area contributed by atoms with Crippen molar-refractivity contribution < 1.29 is 9.84 Å². The standard InChI is InChI=1S/C14H21NO2/c1-10(9-17-2)15-14-5-3-4-11-8-12(16)6-7-13(11)14/h6-8,10,14-16H,3-5,9H2,1-2H3. The third kappa shape index (κ3) is 2.99. The van der Waals surface area contributed by atoms with Crippen molar-refractivity contribution in [3.8, 4) is 5.75 Å². The van der Waals surface area contributed by atoms with Gasteiger partial charge in [0.05, 0.1) is 6.61 Å². The van der Waals surface area contributed by atoms with Crippen LogP contribution in [0.1, 0.15) is 36.9 Å². The first-order chi connectivity index (χ1) is 8.20. The van der Waals surface area contributed by atoms with E-state index in [1.165, 1.54) is 17.5 Å². The highest BCUT2D eigenvalue weighted by atomic mass is 16.5. The number of hydrogen-bond donors (Lipinski definition) is 2. The van der Waals surface area contributed by atoms with E-state index in [1.807, 2.05) is 12.1 Å². The SMILES string of the molecule is COCC(C)NC1CCCc2cc(O)ccc21. The van der Waals surface area contributed by atoms with E-state index in [-0.39, 0.29) is 0 Å². The second kappa shape index (κ2) is 5.52. The van der Waals surface area contributed by atoms with Crippen molar-refractivity contribution in [2.75, 3.05) is 13.7 Å². The van der Waals surface area contributed by atoms with Crippen LogP contribution in [0, 0.1) is 0 Å². The Labute approximate surface area is 103 Å². The molecule has 1 aliphatic carbocycles. The number of ether oxygens (including phenoxy) is 1. The number of rotatable bonds is 4. The van der Waals surface area contributed by atoms with Gasteiger partial charge in [-0.25, -0.2) is 0 Å².